The average molecular weight is 481 g/mol. The molecule has 0 aliphatic heterocycles. The number of carbonyl (C=O) groups is 1. The fourth-order valence-corrected chi connectivity index (χ4v) is 5.60. The minimum atomic E-state index is -0.0392. The highest BCUT2D eigenvalue weighted by molar-refractivity contribution is 6.02. The SMILES string of the molecule is CCCCCC(=O)O[C@H]1CCCC[C@@H]1c1ccc(OCc2c3ccccc3cc3ccccc23)cc1. The van der Waals surface area contributed by atoms with Crippen LogP contribution in [0.2, 0.25) is 0 Å². The van der Waals surface area contributed by atoms with Gasteiger partial charge in [-0.1, -0.05) is 86.8 Å². The molecule has 0 bridgehead atoms. The molecule has 1 fully saturated rings. The van der Waals surface area contributed by atoms with Gasteiger partial charge in [0.25, 0.3) is 0 Å². The first-order valence-corrected chi connectivity index (χ1v) is 13.5. The van der Waals surface area contributed by atoms with Gasteiger partial charge in [0.1, 0.15) is 18.5 Å². The molecule has 0 N–H and O–H groups in total. The lowest BCUT2D eigenvalue weighted by Gasteiger charge is -2.31. The fraction of sp³-hybridized carbons (Fsp3) is 0.364. The first-order chi connectivity index (χ1) is 17.7. The maximum Gasteiger partial charge on any atom is 0.306 e. The molecule has 1 aliphatic carbocycles. The lowest BCUT2D eigenvalue weighted by molar-refractivity contribution is -0.151. The summed E-state index contributed by atoms with van der Waals surface area (Å²) in [5.41, 5.74) is 2.46. The van der Waals surface area contributed by atoms with E-state index in [9.17, 15) is 4.79 Å². The number of benzene rings is 4. The molecule has 2 atom stereocenters. The van der Waals surface area contributed by atoms with Crippen molar-refractivity contribution >= 4 is 27.5 Å². The Morgan fingerprint density at radius 2 is 1.50 bits per heavy atom. The van der Waals surface area contributed by atoms with Crippen molar-refractivity contribution in [1.82, 2.24) is 0 Å². The summed E-state index contributed by atoms with van der Waals surface area (Å²) in [5.74, 6) is 1.09. The lowest BCUT2D eigenvalue weighted by atomic mass is 9.81. The van der Waals surface area contributed by atoms with E-state index in [1.54, 1.807) is 0 Å². The van der Waals surface area contributed by atoms with Gasteiger partial charge >= 0.3 is 5.97 Å². The van der Waals surface area contributed by atoms with Crippen LogP contribution in [0.15, 0.2) is 78.9 Å². The Kier molecular flexibility index (Phi) is 7.85. The minimum absolute atomic E-state index is 0.0123. The highest BCUT2D eigenvalue weighted by atomic mass is 16.5. The van der Waals surface area contributed by atoms with E-state index in [-0.39, 0.29) is 18.0 Å². The topological polar surface area (TPSA) is 35.5 Å². The van der Waals surface area contributed by atoms with Gasteiger partial charge < -0.3 is 9.47 Å². The first kappa shape index (κ1) is 24.4. The van der Waals surface area contributed by atoms with Gasteiger partial charge in [0.2, 0.25) is 0 Å². The van der Waals surface area contributed by atoms with E-state index in [1.807, 2.05) is 0 Å². The average Bonchev–Trinajstić information content (AvgIpc) is 2.92. The summed E-state index contributed by atoms with van der Waals surface area (Å²) in [6.45, 7) is 2.67. The molecule has 1 saturated carbocycles. The normalized spacial score (nSPS) is 17.8. The second-order valence-electron chi connectivity index (χ2n) is 10.0. The fourth-order valence-electron chi connectivity index (χ4n) is 5.60. The summed E-state index contributed by atoms with van der Waals surface area (Å²) in [5, 5.41) is 4.94. The molecule has 3 nitrogen and oxygen atoms in total. The van der Waals surface area contributed by atoms with Crippen LogP contribution in [0.3, 0.4) is 0 Å². The quantitative estimate of drug-likeness (QED) is 0.136. The molecule has 0 amide bonds. The van der Waals surface area contributed by atoms with Crippen LogP contribution in [0, 0.1) is 0 Å². The van der Waals surface area contributed by atoms with Gasteiger partial charge in [-0.05, 0) is 71.0 Å². The summed E-state index contributed by atoms with van der Waals surface area (Å²) in [6, 6.07) is 27.7. The number of hydrogen-bond donors (Lipinski definition) is 0. The van der Waals surface area contributed by atoms with Crippen molar-refractivity contribution in [2.75, 3.05) is 0 Å². The zero-order valence-corrected chi connectivity index (χ0v) is 21.2. The highest BCUT2D eigenvalue weighted by Crippen LogP contribution is 2.36. The van der Waals surface area contributed by atoms with E-state index in [0.717, 1.165) is 44.3 Å². The molecule has 0 radical (unpaired) electrons. The zero-order valence-electron chi connectivity index (χ0n) is 21.2. The summed E-state index contributed by atoms with van der Waals surface area (Å²) in [4.78, 5) is 12.4. The summed E-state index contributed by atoms with van der Waals surface area (Å²) >= 11 is 0. The third-order valence-electron chi connectivity index (χ3n) is 7.54. The molecule has 0 saturated heterocycles. The number of carbonyl (C=O) groups excluding carboxylic acids is 1. The second kappa shape index (κ2) is 11.6. The number of fused-ring (bicyclic) bond motifs is 2. The molecule has 4 aromatic carbocycles. The molecular formula is C33H36O3. The van der Waals surface area contributed by atoms with Crippen LogP contribution >= 0.6 is 0 Å². The van der Waals surface area contributed by atoms with Gasteiger partial charge in [-0.2, -0.15) is 0 Å². The molecule has 0 spiro atoms. The Hall–Kier alpha value is -3.33. The van der Waals surface area contributed by atoms with Crippen molar-refractivity contribution < 1.29 is 14.3 Å². The molecule has 0 aromatic heterocycles. The standard InChI is InChI=1S/C33H36O3/c1-2-3-4-17-33(34)36-32-16-10-9-15-30(32)24-18-20-27(21-19-24)35-23-31-28-13-7-5-11-25(28)22-26-12-6-8-14-29(26)31/h5-8,11-14,18-22,30,32H,2-4,9-10,15-17,23H2,1H3/t30-,32+/m1/s1. The molecule has 3 heteroatoms. The van der Waals surface area contributed by atoms with E-state index in [0.29, 0.717) is 13.0 Å². The molecular weight excluding hydrogens is 444 g/mol. The Morgan fingerprint density at radius 1 is 0.833 bits per heavy atom. The second-order valence-corrected chi connectivity index (χ2v) is 10.0. The van der Waals surface area contributed by atoms with Crippen LogP contribution in [-0.2, 0) is 16.1 Å². The molecule has 5 rings (SSSR count). The Labute approximate surface area is 214 Å². The van der Waals surface area contributed by atoms with Crippen molar-refractivity contribution in [2.24, 2.45) is 0 Å². The number of hydrogen-bond acceptors (Lipinski definition) is 3. The van der Waals surface area contributed by atoms with Crippen LogP contribution in [0.5, 0.6) is 5.75 Å². The summed E-state index contributed by atoms with van der Waals surface area (Å²) in [7, 11) is 0. The maximum absolute atomic E-state index is 12.4. The monoisotopic (exact) mass is 480 g/mol. The molecule has 36 heavy (non-hydrogen) atoms. The smallest absolute Gasteiger partial charge is 0.306 e. The Morgan fingerprint density at radius 3 is 2.19 bits per heavy atom. The van der Waals surface area contributed by atoms with Crippen molar-refractivity contribution in [3.8, 4) is 5.75 Å². The third-order valence-corrected chi connectivity index (χ3v) is 7.54. The van der Waals surface area contributed by atoms with Gasteiger partial charge in [-0.15, -0.1) is 0 Å². The van der Waals surface area contributed by atoms with E-state index < -0.39 is 0 Å². The first-order valence-electron chi connectivity index (χ1n) is 13.5. The third kappa shape index (κ3) is 5.56. The number of esters is 1. The van der Waals surface area contributed by atoms with E-state index in [4.69, 9.17) is 9.47 Å². The van der Waals surface area contributed by atoms with Crippen molar-refractivity contribution in [2.45, 2.75) is 76.9 Å². The minimum Gasteiger partial charge on any atom is -0.489 e. The molecule has 0 unspecified atom stereocenters. The van der Waals surface area contributed by atoms with Crippen LogP contribution in [-0.4, -0.2) is 12.1 Å². The predicted octanol–water partition coefficient (Wildman–Crippen LogP) is 8.72. The van der Waals surface area contributed by atoms with Crippen molar-refractivity contribution in [3.63, 3.8) is 0 Å². The predicted molar refractivity (Wildman–Crippen MR) is 147 cm³/mol. The summed E-state index contributed by atoms with van der Waals surface area (Å²) < 4.78 is 12.3. The number of rotatable bonds is 9. The maximum atomic E-state index is 12.4. The number of ether oxygens (including phenoxy) is 2. The van der Waals surface area contributed by atoms with Crippen molar-refractivity contribution in [3.05, 3.63) is 90.0 Å². The van der Waals surface area contributed by atoms with Crippen LogP contribution < -0.4 is 4.74 Å². The Bertz CT molecular complexity index is 1250. The van der Waals surface area contributed by atoms with Crippen molar-refractivity contribution in [1.29, 1.82) is 0 Å². The van der Waals surface area contributed by atoms with Gasteiger partial charge in [0.15, 0.2) is 0 Å². The van der Waals surface area contributed by atoms with E-state index >= 15 is 0 Å². The zero-order chi connectivity index (χ0) is 24.7. The Balaban J connectivity index is 1.29. The molecule has 4 aromatic rings. The summed E-state index contributed by atoms with van der Waals surface area (Å²) in [6.07, 6.45) is 7.97. The van der Waals surface area contributed by atoms with Crippen LogP contribution in [0.25, 0.3) is 21.5 Å². The number of unbranched alkanes of at least 4 members (excludes halogenated alkanes) is 2. The van der Waals surface area contributed by atoms with Gasteiger partial charge in [0, 0.05) is 17.9 Å². The largest absolute Gasteiger partial charge is 0.489 e. The lowest BCUT2D eigenvalue weighted by Crippen LogP contribution is -2.28. The van der Waals surface area contributed by atoms with E-state index in [1.165, 1.54) is 39.1 Å². The molecule has 0 heterocycles. The van der Waals surface area contributed by atoms with Crippen LogP contribution in [0.4, 0.5) is 0 Å². The van der Waals surface area contributed by atoms with E-state index in [2.05, 4.69) is 85.8 Å². The van der Waals surface area contributed by atoms with Crippen LogP contribution in [0.1, 0.15) is 75.3 Å². The highest BCUT2D eigenvalue weighted by Gasteiger charge is 2.29. The molecule has 186 valence electrons. The van der Waals surface area contributed by atoms with Gasteiger partial charge in [-0.3, -0.25) is 4.79 Å². The van der Waals surface area contributed by atoms with Gasteiger partial charge in [0.05, 0.1) is 0 Å². The molecule has 1 aliphatic rings. The van der Waals surface area contributed by atoms with Gasteiger partial charge in [-0.25, -0.2) is 0 Å².